The topological polar surface area (TPSA) is 85.5 Å². The quantitative estimate of drug-likeness (QED) is 0.792. The highest BCUT2D eigenvalue weighted by Gasteiger charge is 2.38. The standard InChI is InChI=1S/C15H19N3O4S/c1-3-23(19,20)18-9-12(10-18)15-16-14(17-22-15)8-11-6-4-5-7-13(11)21-2/h4-7,12H,3,8-10H2,1-2H3. The molecule has 124 valence electrons. The van der Waals surface area contributed by atoms with E-state index in [9.17, 15) is 8.42 Å². The van der Waals surface area contributed by atoms with Crippen molar-refractivity contribution in [2.45, 2.75) is 19.3 Å². The zero-order chi connectivity index (χ0) is 16.4. The van der Waals surface area contributed by atoms with Crippen LogP contribution in [0.2, 0.25) is 0 Å². The van der Waals surface area contributed by atoms with Gasteiger partial charge in [-0.1, -0.05) is 23.4 Å². The summed E-state index contributed by atoms with van der Waals surface area (Å²) in [4.78, 5) is 4.39. The maximum absolute atomic E-state index is 11.7. The number of aromatic nitrogens is 2. The lowest BCUT2D eigenvalue weighted by Crippen LogP contribution is -2.49. The van der Waals surface area contributed by atoms with Crippen LogP contribution < -0.4 is 4.74 Å². The van der Waals surface area contributed by atoms with E-state index in [-0.39, 0.29) is 11.7 Å². The highest BCUT2D eigenvalue weighted by molar-refractivity contribution is 7.89. The Balaban J connectivity index is 1.66. The molecule has 1 aromatic carbocycles. The summed E-state index contributed by atoms with van der Waals surface area (Å²) in [5, 5.41) is 3.99. The van der Waals surface area contributed by atoms with Gasteiger partial charge in [-0.3, -0.25) is 0 Å². The number of methoxy groups -OCH3 is 1. The van der Waals surface area contributed by atoms with E-state index in [1.54, 1.807) is 14.0 Å². The van der Waals surface area contributed by atoms with Crippen LogP contribution in [0.4, 0.5) is 0 Å². The maximum Gasteiger partial charge on any atom is 0.232 e. The van der Waals surface area contributed by atoms with Gasteiger partial charge >= 0.3 is 0 Å². The lowest BCUT2D eigenvalue weighted by molar-refractivity contribution is 0.217. The summed E-state index contributed by atoms with van der Waals surface area (Å²) in [5.41, 5.74) is 0.978. The smallest absolute Gasteiger partial charge is 0.232 e. The van der Waals surface area contributed by atoms with Crippen molar-refractivity contribution in [1.82, 2.24) is 14.4 Å². The van der Waals surface area contributed by atoms with Gasteiger partial charge in [-0.25, -0.2) is 12.7 Å². The van der Waals surface area contributed by atoms with Crippen molar-refractivity contribution in [2.24, 2.45) is 0 Å². The SMILES string of the molecule is CCS(=O)(=O)N1CC(c2nc(Cc3ccccc3OC)no2)C1. The number of sulfonamides is 1. The van der Waals surface area contributed by atoms with Crippen LogP contribution in [0, 0.1) is 0 Å². The molecule has 1 saturated heterocycles. The van der Waals surface area contributed by atoms with E-state index in [2.05, 4.69) is 10.1 Å². The van der Waals surface area contributed by atoms with Crippen molar-refractivity contribution in [3.8, 4) is 5.75 Å². The number of para-hydroxylation sites is 1. The van der Waals surface area contributed by atoms with Gasteiger partial charge in [0.1, 0.15) is 5.75 Å². The molecular weight excluding hydrogens is 318 g/mol. The number of nitrogens with zero attached hydrogens (tertiary/aromatic N) is 3. The van der Waals surface area contributed by atoms with Crippen LogP contribution >= 0.6 is 0 Å². The second kappa shape index (κ2) is 6.29. The van der Waals surface area contributed by atoms with Gasteiger partial charge in [-0.2, -0.15) is 4.98 Å². The Kier molecular flexibility index (Phi) is 4.36. The van der Waals surface area contributed by atoms with Crippen LogP contribution in [-0.4, -0.2) is 48.8 Å². The minimum atomic E-state index is -3.13. The second-order valence-corrected chi connectivity index (χ2v) is 7.71. The van der Waals surface area contributed by atoms with Gasteiger partial charge in [0, 0.05) is 25.1 Å². The fourth-order valence-electron chi connectivity index (χ4n) is 2.53. The molecule has 8 heteroatoms. The molecule has 23 heavy (non-hydrogen) atoms. The monoisotopic (exact) mass is 337 g/mol. The summed E-state index contributed by atoms with van der Waals surface area (Å²) >= 11 is 0. The predicted molar refractivity (Wildman–Crippen MR) is 83.9 cm³/mol. The molecule has 0 N–H and O–H groups in total. The van der Waals surface area contributed by atoms with Gasteiger partial charge < -0.3 is 9.26 Å². The third-order valence-electron chi connectivity index (χ3n) is 3.98. The van der Waals surface area contributed by atoms with E-state index in [1.807, 2.05) is 24.3 Å². The largest absolute Gasteiger partial charge is 0.496 e. The fraction of sp³-hybridized carbons (Fsp3) is 0.467. The van der Waals surface area contributed by atoms with Crippen molar-refractivity contribution in [3.63, 3.8) is 0 Å². The Morgan fingerprint density at radius 3 is 2.78 bits per heavy atom. The summed E-state index contributed by atoms with van der Waals surface area (Å²) in [7, 11) is -1.50. The Hall–Kier alpha value is -1.93. The first kappa shape index (κ1) is 15.9. The molecule has 0 spiro atoms. The first-order valence-corrected chi connectivity index (χ1v) is 9.06. The zero-order valence-corrected chi connectivity index (χ0v) is 13.9. The molecule has 0 atom stereocenters. The Morgan fingerprint density at radius 2 is 2.09 bits per heavy atom. The summed E-state index contributed by atoms with van der Waals surface area (Å²) in [6.45, 7) is 2.46. The molecular formula is C15H19N3O4S. The van der Waals surface area contributed by atoms with Crippen molar-refractivity contribution >= 4 is 10.0 Å². The van der Waals surface area contributed by atoms with Crippen molar-refractivity contribution in [2.75, 3.05) is 26.0 Å². The first-order valence-electron chi connectivity index (χ1n) is 7.45. The minimum absolute atomic E-state index is 0.0183. The van der Waals surface area contributed by atoms with E-state index < -0.39 is 10.0 Å². The third-order valence-corrected chi connectivity index (χ3v) is 5.79. The lowest BCUT2D eigenvalue weighted by atomic mass is 10.0. The summed E-state index contributed by atoms with van der Waals surface area (Å²) in [6, 6.07) is 7.67. The van der Waals surface area contributed by atoms with E-state index in [4.69, 9.17) is 9.26 Å². The summed E-state index contributed by atoms with van der Waals surface area (Å²) < 4.78 is 35.5. The van der Waals surface area contributed by atoms with Gasteiger partial charge in [0.05, 0.1) is 18.8 Å². The van der Waals surface area contributed by atoms with E-state index in [1.165, 1.54) is 4.31 Å². The van der Waals surface area contributed by atoms with E-state index >= 15 is 0 Å². The molecule has 7 nitrogen and oxygen atoms in total. The van der Waals surface area contributed by atoms with Crippen molar-refractivity contribution < 1.29 is 17.7 Å². The van der Waals surface area contributed by atoms with Gasteiger partial charge in [-0.05, 0) is 13.0 Å². The Morgan fingerprint density at radius 1 is 1.35 bits per heavy atom. The number of rotatable bonds is 6. The average molecular weight is 337 g/mol. The number of hydrogen-bond donors (Lipinski definition) is 0. The normalized spacial score (nSPS) is 16.3. The minimum Gasteiger partial charge on any atom is -0.496 e. The van der Waals surface area contributed by atoms with Crippen LogP contribution in [-0.2, 0) is 16.4 Å². The molecule has 0 saturated carbocycles. The molecule has 2 aromatic rings. The molecule has 1 aliphatic rings. The lowest BCUT2D eigenvalue weighted by Gasteiger charge is -2.35. The first-order chi connectivity index (χ1) is 11.0. The van der Waals surface area contributed by atoms with Crippen LogP contribution in [0.3, 0.4) is 0 Å². The van der Waals surface area contributed by atoms with Gasteiger partial charge in [0.2, 0.25) is 15.9 Å². The number of benzene rings is 1. The Labute approximate surface area is 135 Å². The fourth-order valence-corrected chi connectivity index (χ4v) is 3.71. The van der Waals surface area contributed by atoms with Gasteiger partial charge in [0.25, 0.3) is 0 Å². The molecule has 2 heterocycles. The van der Waals surface area contributed by atoms with E-state index in [0.29, 0.717) is 31.2 Å². The second-order valence-electron chi connectivity index (χ2n) is 5.45. The van der Waals surface area contributed by atoms with E-state index in [0.717, 1.165) is 11.3 Å². The highest BCUT2D eigenvalue weighted by atomic mass is 32.2. The van der Waals surface area contributed by atoms with Crippen molar-refractivity contribution in [3.05, 3.63) is 41.5 Å². The maximum atomic E-state index is 11.7. The van der Waals surface area contributed by atoms with Gasteiger partial charge in [-0.15, -0.1) is 0 Å². The molecule has 0 aliphatic carbocycles. The van der Waals surface area contributed by atoms with Crippen LogP contribution in [0.25, 0.3) is 0 Å². The summed E-state index contributed by atoms with van der Waals surface area (Å²) in [6.07, 6.45) is 0.511. The van der Waals surface area contributed by atoms with Gasteiger partial charge in [0.15, 0.2) is 5.82 Å². The van der Waals surface area contributed by atoms with Crippen LogP contribution in [0.15, 0.2) is 28.8 Å². The average Bonchev–Trinajstić information content (AvgIpc) is 2.94. The number of hydrogen-bond acceptors (Lipinski definition) is 6. The third kappa shape index (κ3) is 3.23. The molecule has 0 bridgehead atoms. The molecule has 1 aliphatic heterocycles. The molecule has 3 rings (SSSR count). The predicted octanol–water partition coefficient (Wildman–Crippen LogP) is 1.42. The van der Waals surface area contributed by atoms with Crippen LogP contribution in [0.5, 0.6) is 5.75 Å². The molecule has 1 aromatic heterocycles. The highest BCUT2D eigenvalue weighted by Crippen LogP contribution is 2.29. The number of ether oxygens (including phenoxy) is 1. The molecule has 1 fully saturated rings. The molecule has 0 radical (unpaired) electrons. The van der Waals surface area contributed by atoms with Crippen molar-refractivity contribution in [1.29, 1.82) is 0 Å². The zero-order valence-electron chi connectivity index (χ0n) is 13.1. The Bertz CT molecular complexity index is 782. The molecule has 0 unspecified atom stereocenters. The summed E-state index contributed by atoms with van der Waals surface area (Å²) in [5.74, 6) is 1.94. The molecule has 0 amide bonds. The van der Waals surface area contributed by atoms with Crippen LogP contribution in [0.1, 0.15) is 30.1 Å².